The number of fused-ring (bicyclic) bond motifs is 1. The quantitative estimate of drug-likeness (QED) is 0.249. The largest absolute Gasteiger partial charge is 0.493 e. The van der Waals surface area contributed by atoms with Crippen LogP contribution in [0, 0.1) is 6.92 Å². The molecule has 218 valence electrons. The average Bonchev–Trinajstić information content (AvgIpc) is 3.54. The molecule has 1 aliphatic heterocycles. The second kappa shape index (κ2) is 12.0. The minimum Gasteiger partial charge on any atom is -0.493 e. The molecule has 0 spiro atoms. The molecule has 3 aromatic carbocycles. The Morgan fingerprint density at radius 2 is 1.26 bits per heavy atom. The number of rotatable bonds is 9. The Morgan fingerprint density at radius 3 is 1.74 bits per heavy atom. The Kier molecular flexibility index (Phi) is 8.01. The Balaban J connectivity index is 1.38. The number of aromatic nitrogens is 3. The van der Waals surface area contributed by atoms with Gasteiger partial charge in [0.05, 0.1) is 38.3 Å². The Labute approximate surface area is 249 Å². The van der Waals surface area contributed by atoms with Gasteiger partial charge in [0.1, 0.15) is 5.82 Å². The number of benzene rings is 3. The summed E-state index contributed by atoms with van der Waals surface area (Å²) in [5, 5.41) is 15.8. The van der Waals surface area contributed by atoms with Crippen LogP contribution in [0.5, 0.6) is 23.1 Å². The fourth-order valence-corrected chi connectivity index (χ4v) is 7.11. The molecule has 1 N–H and O–H groups in total. The molecular weight excluding hydrogens is 550 g/mol. The molecule has 1 fully saturated rings. The zero-order valence-corrected chi connectivity index (χ0v) is 25.0. The number of aryl methyl sites for hydroxylation is 1. The second-order valence-corrected chi connectivity index (χ2v) is 11.3. The van der Waals surface area contributed by atoms with Gasteiger partial charge in [-0.05, 0) is 35.7 Å². The summed E-state index contributed by atoms with van der Waals surface area (Å²) in [5.41, 5.74) is 3.48. The summed E-state index contributed by atoms with van der Waals surface area (Å²) in [6, 6.07) is 25.2. The van der Waals surface area contributed by atoms with Gasteiger partial charge in [-0.15, -0.1) is 5.10 Å². The molecule has 0 saturated carbocycles. The van der Waals surface area contributed by atoms with Crippen molar-refractivity contribution >= 4 is 16.3 Å². The van der Waals surface area contributed by atoms with Crippen LogP contribution in [-0.4, -0.2) is 77.0 Å². The molecule has 1 atom stereocenters. The number of methoxy groups -OCH3 is 3. The van der Waals surface area contributed by atoms with E-state index in [0.717, 1.165) is 36.6 Å². The predicted molar refractivity (Wildman–Crippen MR) is 163 cm³/mol. The molecule has 9 nitrogen and oxygen atoms in total. The molecule has 5 aromatic rings. The van der Waals surface area contributed by atoms with Gasteiger partial charge >= 0.3 is 0 Å². The first-order chi connectivity index (χ1) is 20.5. The van der Waals surface area contributed by atoms with Crippen LogP contribution in [0.2, 0.25) is 0 Å². The van der Waals surface area contributed by atoms with E-state index in [4.69, 9.17) is 14.2 Å². The molecular formula is C32H35N5O4S. The minimum absolute atomic E-state index is 0.100. The van der Waals surface area contributed by atoms with Crippen molar-refractivity contribution in [1.82, 2.24) is 24.4 Å². The lowest BCUT2D eigenvalue weighted by atomic mass is 9.95. The maximum absolute atomic E-state index is 11.4. The third-order valence-electron chi connectivity index (χ3n) is 7.87. The van der Waals surface area contributed by atoms with Crippen molar-refractivity contribution < 1.29 is 19.3 Å². The highest BCUT2D eigenvalue weighted by Crippen LogP contribution is 2.46. The predicted octanol–water partition coefficient (Wildman–Crippen LogP) is 5.33. The highest BCUT2D eigenvalue weighted by atomic mass is 32.1. The van der Waals surface area contributed by atoms with Crippen LogP contribution >= 0.6 is 11.3 Å². The minimum atomic E-state index is -0.276. The number of thiazole rings is 1. The van der Waals surface area contributed by atoms with Crippen LogP contribution in [-0.2, 0) is 0 Å². The van der Waals surface area contributed by atoms with Crippen LogP contribution < -0.4 is 14.2 Å². The van der Waals surface area contributed by atoms with E-state index < -0.39 is 0 Å². The van der Waals surface area contributed by atoms with Crippen LogP contribution in [0.4, 0.5) is 0 Å². The molecule has 1 saturated heterocycles. The van der Waals surface area contributed by atoms with Crippen molar-refractivity contribution in [2.24, 2.45) is 0 Å². The Hall–Kier alpha value is -4.12. The number of ether oxygens (including phenoxy) is 3. The van der Waals surface area contributed by atoms with E-state index in [1.807, 2.05) is 19.1 Å². The van der Waals surface area contributed by atoms with Gasteiger partial charge in [-0.1, -0.05) is 72.0 Å². The van der Waals surface area contributed by atoms with Crippen molar-refractivity contribution in [1.29, 1.82) is 0 Å². The van der Waals surface area contributed by atoms with Gasteiger partial charge in [0.15, 0.2) is 11.5 Å². The number of hydrogen-bond donors (Lipinski definition) is 1. The summed E-state index contributed by atoms with van der Waals surface area (Å²) in [5.74, 6) is 2.39. The fourth-order valence-electron chi connectivity index (χ4n) is 5.95. The second-order valence-electron chi connectivity index (χ2n) is 10.3. The zero-order valence-electron chi connectivity index (χ0n) is 24.2. The van der Waals surface area contributed by atoms with Crippen LogP contribution in [0.1, 0.15) is 39.5 Å². The average molecular weight is 586 g/mol. The lowest BCUT2D eigenvalue weighted by Gasteiger charge is -2.42. The topological polar surface area (TPSA) is 84.6 Å². The van der Waals surface area contributed by atoms with E-state index in [0.29, 0.717) is 28.0 Å². The molecule has 2 aromatic heterocycles. The first-order valence-corrected chi connectivity index (χ1v) is 14.8. The van der Waals surface area contributed by atoms with Gasteiger partial charge in [0, 0.05) is 26.2 Å². The first kappa shape index (κ1) is 28.0. The summed E-state index contributed by atoms with van der Waals surface area (Å²) in [4.78, 5) is 10.9. The van der Waals surface area contributed by atoms with Gasteiger partial charge in [-0.2, -0.15) is 4.52 Å². The molecule has 0 amide bonds. The molecule has 0 bridgehead atoms. The molecule has 0 radical (unpaired) electrons. The molecule has 1 aliphatic rings. The Morgan fingerprint density at radius 1 is 0.738 bits per heavy atom. The highest BCUT2D eigenvalue weighted by molar-refractivity contribution is 7.17. The molecule has 3 heterocycles. The number of piperazine rings is 1. The normalized spacial score (nSPS) is 15.3. The third kappa shape index (κ3) is 5.17. The monoisotopic (exact) mass is 585 g/mol. The van der Waals surface area contributed by atoms with Gasteiger partial charge in [-0.25, -0.2) is 4.98 Å². The molecule has 6 rings (SSSR count). The smallest absolute Gasteiger partial charge is 0.230 e. The number of hydrogen-bond acceptors (Lipinski definition) is 9. The fraction of sp³-hybridized carbons (Fsp3) is 0.312. The van der Waals surface area contributed by atoms with E-state index in [9.17, 15) is 5.11 Å². The first-order valence-electron chi connectivity index (χ1n) is 13.9. The Bertz CT molecular complexity index is 1580. The van der Waals surface area contributed by atoms with E-state index in [1.54, 1.807) is 21.3 Å². The summed E-state index contributed by atoms with van der Waals surface area (Å²) in [6.45, 7) is 5.07. The van der Waals surface area contributed by atoms with Crippen molar-refractivity contribution in [2.45, 2.75) is 19.0 Å². The molecule has 10 heteroatoms. The van der Waals surface area contributed by atoms with Gasteiger partial charge < -0.3 is 19.3 Å². The standard InChI is InChI=1S/C32H35N5O4S/c1-21-33-32-37(34-21)31(38)30(42-32)28(24-19-25(39-2)29(41-4)26(20-24)40-3)36-17-15-35(16-18-36)27(22-11-7-5-8-12-22)23-13-9-6-10-14-23/h5-14,19-20,27-28,38H,15-18H2,1-4H3/t28-/m0/s1. The van der Waals surface area contributed by atoms with Crippen molar-refractivity contribution in [2.75, 3.05) is 47.5 Å². The van der Waals surface area contributed by atoms with Gasteiger partial charge in [0.25, 0.3) is 0 Å². The summed E-state index contributed by atoms with van der Waals surface area (Å²) < 4.78 is 18.5. The van der Waals surface area contributed by atoms with E-state index >= 15 is 0 Å². The lowest BCUT2D eigenvalue weighted by molar-refractivity contribution is 0.0897. The maximum Gasteiger partial charge on any atom is 0.230 e. The zero-order chi connectivity index (χ0) is 29.2. The lowest BCUT2D eigenvalue weighted by Crippen LogP contribution is -2.49. The summed E-state index contributed by atoms with van der Waals surface area (Å²) >= 11 is 1.45. The third-order valence-corrected chi connectivity index (χ3v) is 8.94. The summed E-state index contributed by atoms with van der Waals surface area (Å²) in [7, 11) is 4.83. The van der Waals surface area contributed by atoms with E-state index in [2.05, 4.69) is 80.5 Å². The summed E-state index contributed by atoms with van der Waals surface area (Å²) in [6.07, 6.45) is 0. The van der Waals surface area contributed by atoms with Crippen molar-refractivity contribution in [3.05, 3.63) is 100 Å². The number of nitrogens with zero attached hydrogens (tertiary/aromatic N) is 5. The van der Waals surface area contributed by atoms with Gasteiger partial charge in [0.2, 0.25) is 16.6 Å². The van der Waals surface area contributed by atoms with Crippen molar-refractivity contribution in [3.8, 4) is 23.1 Å². The number of aromatic hydroxyl groups is 1. The van der Waals surface area contributed by atoms with Crippen LogP contribution in [0.3, 0.4) is 0 Å². The molecule has 0 unspecified atom stereocenters. The maximum atomic E-state index is 11.4. The molecule has 42 heavy (non-hydrogen) atoms. The van der Waals surface area contributed by atoms with Crippen LogP contribution in [0.25, 0.3) is 4.96 Å². The molecule has 0 aliphatic carbocycles. The van der Waals surface area contributed by atoms with Gasteiger partial charge in [-0.3, -0.25) is 9.80 Å². The van der Waals surface area contributed by atoms with Crippen molar-refractivity contribution in [3.63, 3.8) is 0 Å². The van der Waals surface area contributed by atoms with E-state index in [1.165, 1.54) is 27.0 Å². The van der Waals surface area contributed by atoms with E-state index in [-0.39, 0.29) is 18.0 Å². The van der Waals surface area contributed by atoms with Crippen LogP contribution in [0.15, 0.2) is 72.8 Å². The SMILES string of the molecule is COc1cc([C@@H](c2sc3nc(C)nn3c2O)N2CCN(C(c3ccccc3)c3ccccc3)CC2)cc(OC)c1OC. The highest BCUT2D eigenvalue weighted by Gasteiger charge is 2.35.